The van der Waals surface area contributed by atoms with Gasteiger partial charge in [-0.25, -0.2) is 0 Å². The second kappa shape index (κ2) is 8.51. The molecule has 4 heteroatoms. The number of morpholine rings is 1. The lowest BCUT2D eigenvalue weighted by Crippen LogP contribution is -2.48. The number of ether oxygens (including phenoxy) is 1. The highest BCUT2D eigenvalue weighted by Crippen LogP contribution is 2.29. The maximum atomic E-state index is 13.4. The van der Waals surface area contributed by atoms with Crippen molar-refractivity contribution in [2.24, 2.45) is 0 Å². The molecule has 1 amide bonds. The van der Waals surface area contributed by atoms with Gasteiger partial charge in [-0.3, -0.25) is 9.69 Å². The molecule has 140 valence electrons. The average molecular weight is 362 g/mol. The Morgan fingerprint density at radius 2 is 1.56 bits per heavy atom. The molecule has 2 aliphatic heterocycles. The third-order valence-corrected chi connectivity index (χ3v) is 5.42. The Hall–Kier alpha value is -2.43. The summed E-state index contributed by atoms with van der Waals surface area (Å²) in [4.78, 5) is 17.6. The van der Waals surface area contributed by atoms with Crippen molar-refractivity contribution < 1.29 is 9.53 Å². The zero-order valence-electron chi connectivity index (χ0n) is 15.6. The number of hydrogen-bond donors (Lipinski definition) is 0. The third kappa shape index (κ3) is 4.12. The predicted molar refractivity (Wildman–Crippen MR) is 107 cm³/mol. The van der Waals surface area contributed by atoms with Crippen LogP contribution in [0.1, 0.15) is 23.6 Å². The van der Waals surface area contributed by atoms with E-state index in [1.807, 2.05) is 29.2 Å². The Labute approximate surface area is 161 Å². The molecule has 4 nitrogen and oxygen atoms in total. The largest absolute Gasteiger partial charge is 0.378 e. The molecule has 1 saturated heterocycles. The first-order chi connectivity index (χ1) is 13.3. The van der Waals surface area contributed by atoms with Crippen molar-refractivity contribution in [3.63, 3.8) is 0 Å². The Bertz CT molecular complexity index is 783. The van der Waals surface area contributed by atoms with Crippen molar-refractivity contribution in [3.8, 4) is 0 Å². The Kier molecular flexibility index (Phi) is 5.66. The van der Waals surface area contributed by atoms with Crippen LogP contribution >= 0.6 is 0 Å². The minimum atomic E-state index is -0.224. The molecule has 4 rings (SSSR count). The van der Waals surface area contributed by atoms with E-state index in [0.717, 1.165) is 25.1 Å². The van der Waals surface area contributed by atoms with E-state index in [1.54, 1.807) is 0 Å². The molecule has 2 aromatic carbocycles. The molecule has 1 fully saturated rings. The average Bonchev–Trinajstić information content (AvgIpc) is 2.76. The van der Waals surface area contributed by atoms with E-state index in [4.69, 9.17) is 4.74 Å². The first kappa shape index (κ1) is 18.0. The van der Waals surface area contributed by atoms with Crippen LogP contribution in [-0.2, 0) is 9.53 Å². The second-order valence-electron chi connectivity index (χ2n) is 7.09. The fraction of sp³-hybridized carbons (Fsp3) is 0.348. The van der Waals surface area contributed by atoms with Gasteiger partial charge in [-0.05, 0) is 23.1 Å². The van der Waals surface area contributed by atoms with E-state index in [1.165, 1.54) is 11.1 Å². The van der Waals surface area contributed by atoms with Gasteiger partial charge in [-0.2, -0.15) is 0 Å². The molecule has 27 heavy (non-hydrogen) atoms. The zero-order valence-corrected chi connectivity index (χ0v) is 15.6. The van der Waals surface area contributed by atoms with Crippen LogP contribution in [0.25, 0.3) is 5.57 Å². The third-order valence-electron chi connectivity index (χ3n) is 5.42. The van der Waals surface area contributed by atoms with Gasteiger partial charge in [0.15, 0.2) is 0 Å². The minimum Gasteiger partial charge on any atom is -0.378 e. The predicted octanol–water partition coefficient (Wildman–Crippen LogP) is 3.38. The van der Waals surface area contributed by atoms with Crippen molar-refractivity contribution in [1.29, 1.82) is 0 Å². The summed E-state index contributed by atoms with van der Waals surface area (Å²) in [7, 11) is 0. The highest BCUT2D eigenvalue weighted by molar-refractivity contribution is 5.83. The first-order valence-corrected chi connectivity index (χ1v) is 9.73. The maximum Gasteiger partial charge on any atom is 0.244 e. The Morgan fingerprint density at radius 1 is 0.889 bits per heavy atom. The van der Waals surface area contributed by atoms with Crippen LogP contribution in [0, 0.1) is 0 Å². The molecule has 0 aliphatic carbocycles. The standard InChI is InChI=1S/C23H26N2O2/c26-23(25-15-17-27-18-16-25)22(21-9-5-2-6-10-21)24-13-11-20(12-14-24)19-7-3-1-4-8-19/h1-11,22H,12-18H2. The van der Waals surface area contributed by atoms with Crippen LogP contribution in [0.2, 0.25) is 0 Å². The smallest absolute Gasteiger partial charge is 0.244 e. The molecule has 0 aromatic heterocycles. The lowest BCUT2D eigenvalue weighted by molar-refractivity contribution is -0.141. The second-order valence-corrected chi connectivity index (χ2v) is 7.09. The minimum absolute atomic E-state index is 0.195. The number of carbonyl (C=O) groups excluding carboxylic acids is 1. The van der Waals surface area contributed by atoms with E-state index < -0.39 is 0 Å². The number of amides is 1. The number of nitrogens with zero attached hydrogens (tertiary/aromatic N) is 2. The van der Waals surface area contributed by atoms with Gasteiger partial charge in [-0.1, -0.05) is 66.7 Å². The lowest BCUT2D eigenvalue weighted by Gasteiger charge is -2.37. The van der Waals surface area contributed by atoms with E-state index >= 15 is 0 Å². The van der Waals surface area contributed by atoms with Crippen LogP contribution in [0.4, 0.5) is 0 Å². The van der Waals surface area contributed by atoms with Crippen LogP contribution in [-0.4, -0.2) is 55.1 Å². The van der Waals surface area contributed by atoms with Crippen LogP contribution in [0.3, 0.4) is 0 Å². The summed E-state index contributed by atoms with van der Waals surface area (Å²) in [6.45, 7) is 4.30. The molecule has 2 aromatic rings. The highest BCUT2D eigenvalue weighted by atomic mass is 16.5. The summed E-state index contributed by atoms with van der Waals surface area (Å²) in [6.07, 6.45) is 3.24. The van der Waals surface area contributed by atoms with Gasteiger partial charge in [-0.15, -0.1) is 0 Å². The van der Waals surface area contributed by atoms with E-state index in [9.17, 15) is 4.79 Å². The van der Waals surface area contributed by atoms with Crippen molar-refractivity contribution in [3.05, 3.63) is 77.9 Å². The van der Waals surface area contributed by atoms with Gasteiger partial charge >= 0.3 is 0 Å². The summed E-state index contributed by atoms with van der Waals surface area (Å²) < 4.78 is 5.43. The van der Waals surface area contributed by atoms with E-state index in [-0.39, 0.29) is 11.9 Å². The van der Waals surface area contributed by atoms with Crippen molar-refractivity contribution in [1.82, 2.24) is 9.80 Å². The van der Waals surface area contributed by atoms with Gasteiger partial charge in [0.2, 0.25) is 5.91 Å². The van der Waals surface area contributed by atoms with Crippen LogP contribution < -0.4 is 0 Å². The van der Waals surface area contributed by atoms with E-state index in [2.05, 4.69) is 47.4 Å². The maximum absolute atomic E-state index is 13.4. The topological polar surface area (TPSA) is 32.8 Å². The first-order valence-electron chi connectivity index (χ1n) is 9.73. The van der Waals surface area contributed by atoms with Crippen molar-refractivity contribution >= 4 is 11.5 Å². The number of benzene rings is 2. The molecule has 1 atom stereocenters. The molecule has 0 N–H and O–H groups in total. The summed E-state index contributed by atoms with van der Waals surface area (Å²) in [5, 5.41) is 0. The molecule has 2 heterocycles. The number of rotatable bonds is 4. The normalized spacial score (nSPS) is 19.4. The number of hydrogen-bond acceptors (Lipinski definition) is 3. The molecule has 0 saturated carbocycles. The quantitative estimate of drug-likeness (QED) is 0.836. The zero-order chi connectivity index (χ0) is 18.5. The van der Waals surface area contributed by atoms with Gasteiger partial charge in [0.25, 0.3) is 0 Å². The Morgan fingerprint density at radius 3 is 2.19 bits per heavy atom. The van der Waals surface area contributed by atoms with E-state index in [0.29, 0.717) is 26.3 Å². The molecule has 0 bridgehead atoms. The van der Waals surface area contributed by atoms with Crippen LogP contribution in [0.15, 0.2) is 66.7 Å². The number of carbonyl (C=O) groups is 1. The van der Waals surface area contributed by atoms with Gasteiger partial charge in [0, 0.05) is 26.2 Å². The highest BCUT2D eigenvalue weighted by Gasteiger charge is 2.32. The Balaban J connectivity index is 1.56. The van der Waals surface area contributed by atoms with Crippen molar-refractivity contribution in [2.45, 2.75) is 12.5 Å². The fourth-order valence-corrected chi connectivity index (χ4v) is 3.94. The summed E-state index contributed by atoms with van der Waals surface area (Å²) in [5.74, 6) is 0.195. The van der Waals surface area contributed by atoms with Crippen LogP contribution in [0.5, 0.6) is 0 Å². The summed E-state index contributed by atoms with van der Waals surface area (Å²) >= 11 is 0. The molecular formula is C23H26N2O2. The molecule has 1 unspecified atom stereocenters. The molecular weight excluding hydrogens is 336 g/mol. The van der Waals surface area contributed by atoms with Crippen molar-refractivity contribution in [2.75, 3.05) is 39.4 Å². The SMILES string of the molecule is O=C(C(c1ccccc1)N1CC=C(c2ccccc2)CC1)N1CCOCC1. The summed E-state index contributed by atoms with van der Waals surface area (Å²) in [5.41, 5.74) is 3.73. The molecule has 0 radical (unpaired) electrons. The lowest BCUT2D eigenvalue weighted by atomic mass is 9.96. The van der Waals surface area contributed by atoms with Gasteiger partial charge < -0.3 is 9.64 Å². The summed E-state index contributed by atoms with van der Waals surface area (Å²) in [6, 6.07) is 20.5. The monoisotopic (exact) mass is 362 g/mol. The molecule has 0 spiro atoms. The molecule has 2 aliphatic rings. The fourth-order valence-electron chi connectivity index (χ4n) is 3.94. The van der Waals surface area contributed by atoms with Gasteiger partial charge in [0.05, 0.1) is 13.2 Å². The van der Waals surface area contributed by atoms with Gasteiger partial charge in [0.1, 0.15) is 6.04 Å².